The minimum atomic E-state index is 0.0510. The first-order valence-electron chi connectivity index (χ1n) is 11.2. The average molecular weight is 414 g/mol. The lowest BCUT2D eigenvalue weighted by molar-refractivity contribution is -0.745. The molecule has 0 N–H and O–H groups in total. The number of aromatic nitrogens is 3. The van der Waals surface area contributed by atoms with Gasteiger partial charge in [-0.25, -0.2) is 0 Å². The highest BCUT2D eigenvalue weighted by atomic mass is 15.4. The van der Waals surface area contributed by atoms with Crippen molar-refractivity contribution in [1.29, 1.82) is 0 Å². The van der Waals surface area contributed by atoms with Crippen molar-refractivity contribution in [3.05, 3.63) is 77.6 Å². The van der Waals surface area contributed by atoms with Crippen LogP contribution in [0.15, 0.2) is 60.8 Å². The van der Waals surface area contributed by atoms with Gasteiger partial charge in [-0.3, -0.25) is 0 Å². The fraction of sp³-hybridized carbons (Fsp3) is 0.357. The van der Waals surface area contributed by atoms with E-state index in [0.717, 1.165) is 0 Å². The van der Waals surface area contributed by atoms with Crippen molar-refractivity contribution >= 4 is 10.9 Å². The molecule has 160 valence electrons. The first-order chi connectivity index (χ1) is 14.6. The normalized spacial score (nSPS) is 12.2. The number of hydrogen-bond donors (Lipinski definition) is 0. The molecule has 0 bridgehead atoms. The summed E-state index contributed by atoms with van der Waals surface area (Å²) in [5.41, 5.74) is 8.98. The molecule has 2 heterocycles. The second kappa shape index (κ2) is 7.64. The molecule has 0 saturated heterocycles. The molecule has 4 aromatic rings. The fourth-order valence-electron chi connectivity index (χ4n) is 4.52. The largest absolute Gasteiger partial charge is 0.238 e. The maximum atomic E-state index is 2.42. The molecule has 0 spiro atoms. The standard InChI is InChI=1S/C28H35N3/c1-19(2)30-16-15-26(29(30)8)24-17-23(28(5,6)7)18-27(21(24)4)31-20(3)13-14-22-11-9-10-12-25(22)31/h9-19H,1-8H3/q+2. The second-order valence-electron chi connectivity index (χ2n) is 9.99. The lowest BCUT2D eigenvalue weighted by Gasteiger charge is -2.21. The molecule has 31 heavy (non-hydrogen) atoms. The van der Waals surface area contributed by atoms with Crippen LogP contribution in [0.25, 0.3) is 27.8 Å². The van der Waals surface area contributed by atoms with E-state index in [1.165, 1.54) is 44.7 Å². The molecule has 3 heteroatoms. The van der Waals surface area contributed by atoms with Crippen molar-refractivity contribution < 1.29 is 9.25 Å². The van der Waals surface area contributed by atoms with E-state index < -0.39 is 0 Å². The summed E-state index contributed by atoms with van der Waals surface area (Å²) >= 11 is 0. The first kappa shape index (κ1) is 21.3. The monoisotopic (exact) mass is 413 g/mol. The van der Waals surface area contributed by atoms with Gasteiger partial charge in [0.25, 0.3) is 0 Å². The maximum absolute atomic E-state index is 2.42. The van der Waals surface area contributed by atoms with Crippen LogP contribution in [0.1, 0.15) is 57.5 Å². The van der Waals surface area contributed by atoms with E-state index in [4.69, 9.17) is 0 Å². The summed E-state index contributed by atoms with van der Waals surface area (Å²) in [7, 11) is 2.16. The molecule has 0 aliphatic carbocycles. The smallest absolute Gasteiger partial charge is 0.158 e. The van der Waals surface area contributed by atoms with Gasteiger partial charge in [0, 0.05) is 42.1 Å². The number of pyridine rings is 1. The Hall–Kier alpha value is -2.94. The zero-order valence-corrected chi connectivity index (χ0v) is 20.2. The van der Waals surface area contributed by atoms with Crippen LogP contribution in [-0.2, 0) is 12.5 Å². The van der Waals surface area contributed by atoms with Crippen molar-refractivity contribution in [3.63, 3.8) is 0 Å². The molecule has 0 fully saturated rings. The van der Waals surface area contributed by atoms with E-state index in [1.54, 1.807) is 0 Å². The third-order valence-corrected chi connectivity index (χ3v) is 6.41. The Kier molecular flexibility index (Phi) is 5.25. The van der Waals surface area contributed by atoms with Gasteiger partial charge in [0.15, 0.2) is 12.7 Å². The van der Waals surface area contributed by atoms with Crippen molar-refractivity contribution in [3.8, 4) is 16.9 Å². The number of nitrogens with zero attached hydrogens (tertiary/aromatic N) is 3. The van der Waals surface area contributed by atoms with Crippen LogP contribution in [-0.4, -0.2) is 4.68 Å². The molecule has 0 saturated carbocycles. The minimum Gasteiger partial charge on any atom is -0.158 e. The number of aryl methyl sites for hydroxylation is 1. The van der Waals surface area contributed by atoms with E-state index >= 15 is 0 Å². The third-order valence-electron chi connectivity index (χ3n) is 6.41. The quantitative estimate of drug-likeness (QED) is 0.371. The van der Waals surface area contributed by atoms with Crippen molar-refractivity contribution in [2.24, 2.45) is 7.05 Å². The summed E-state index contributed by atoms with van der Waals surface area (Å²) in [4.78, 5) is 0. The summed E-state index contributed by atoms with van der Waals surface area (Å²) in [6, 6.07) is 20.5. The molecule has 4 rings (SSSR count). The van der Waals surface area contributed by atoms with E-state index in [9.17, 15) is 0 Å². The highest BCUT2D eigenvalue weighted by Gasteiger charge is 2.28. The van der Waals surface area contributed by atoms with Gasteiger partial charge >= 0.3 is 0 Å². The zero-order chi connectivity index (χ0) is 22.5. The van der Waals surface area contributed by atoms with E-state index in [-0.39, 0.29) is 5.41 Å². The van der Waals surface area contributed by atoms with Gasteiger partial charge in [-0.15, -0.1) is 4.68 Å². The molecule has 2 aromatic heterocycles. The van der Waals surface area contributed by atoms with Gasteiger partial charge in [0.05, 0.1) is 17.8 Å². The van der Waals surface area contributed by atoms with Gasteiger partial charge in [-0.05, 0) is 49.9 Å². The maximum Gasteiger partial charge on any atom is 0.238 e. The van der Waals surface area contributed by atoms with Crippen LogP contribution in [0.5, 0.6) is 0 Å². The summed E-state index contributed by atoms with van der Waals surface area (Å²) < 4.78 is 6.99. The number of benzene rings is 2. The molecule has 0 radical (unpaired) electrons. The minimum absolute atomic E-state index is 0.0510. The van der Waals surface area contributed by atoms with Gasteiger partial charge in [-0.2, -0.15) is 9.25 Å². The zero-order valence-electron chi connectivity index (χ0n) is 20.2. The Bertz CT molecular complexity index is 1270. The SMILES string of the molecule is Cc1c(-c2ccn(C(C)C)[n+]2C)cc(C(C)(C)C)cc1-[n+]1c(C)ccc2ccccc21. The molecular weight excluding hydrogens is 378 g/mol. The van der Waals surface area contributed by atoms with Crippen LogP contribution in [0.2, 0.25) is 0 Å². The molecule has 0 amide bonds. The predicted octanol–water partition coefficient (Wildman–Crippen LogP) is 5.90. The van der Waals surface area contributed by atoms with Gasteiger partial charge < -0.3 is 0 Å². The fourth-order valence-corrected chi connectivity index (χ4v) is 4.52. The Balaban J connectivity index is 2.08. The van der Waals surface area contributed by atoms with Crippen molar-refractivity contribution in [1.82, 2.24) is 4.68 Å². The molecular formula is C28H35N3+2. The van der Waals surface area contributed by atoms with Crippen LogP contribution in [0.3, 0.4) is 0 Å². The number of rotatable bonds is 3. The Morgan fingerprint density at radius 3 is 2.26 bits per heavy atom. The number of para-hydroxylation sites is 1. The van der Waals surface area contributed by atoms with Crippen LogP contribution in [0.4, 0.5) is 0 Å². The lowest BCUT2D eigenvalue weighted by atomic mass is 9.84. The molecule has 0 unspecified atom stereocenters. The molecule has 0 aliphatic heterocycles. The highest BCUT2D eigenvalue weighted by molar-refractivity contribution is 5.76. The third kappa shape index (κ3) is 3.67. The second-order valence-corrected chi connectivity index (χ2v) is 9.99. The number of hydrogen-bond acceptors (Lipinski definition) is 0. The van der Waals surface area contributed by atoms with Crippen LogP contribution < -0.4 is 9.25 Å². The Morgan fingerprint density at radius 2 is 1.61 bits per heavy atom. The Labute approximate surface area is 186 Å². The predicted molar refractivity (Wildman–Crippen MR) is 129 cm³/mol. The van der Waals surface area contributed by atoms with Gasteiger partial charge in [0.2, 0.25) is 16.9 Å². The summed E-state index contributed by atoms with van der Waals surface area (Å²) in [5, 5.41) is 1.26. The number of fused-ring (bicyclic) bond motifs is 1. The van der Waals surface area contributed by atoms with Gasteiger partial charge in [-0.1, -0.05) is 32.9 Å². The average Bonchev–Trinajstić information content (AvgIpc) is 3.09. The van der Waals surface area contributed by atoms with Gasteiger partial charge in [0.1, 0.15) is 0 Å². The topological polar surface area (TPSA) is 12.7 Å². The Morgan fingerprint density at radius 1 is 0.903 bits per heavy atom. The summed E-state index contributed by atoms with van der Waals surface area (Å²) in [6.45, 7) is 15.8. The van der Waals surface area contributed by atoms with Crippen molar-refractivity contribution in [2.75, 3.05) is 0 Å². The molecule has 0 atom stereocenters. The van der Waals surface area contributed by atoms with Crippen LogP contribution in [0, 0.1) is 13.8 Å². The summed E-state index contributed by atoms with van der Waals surface area (Å²) in [5.74, 6) is 0. The molecule has 3 nitrogen and oxygen atoms in total. The molecule has 0 aliphatic rings. The van der Waals surface area contributed by atoms with Crippen molar-refractivity contribution in [2.45, 2.75) is 59.9 Å². The molecule has 2 aromatic carbocycles. The van der Waals surface area contributed by atoms with E-state index in [2.05, 4.69) is 130 Å². The van der Waals surface area contributed by atoms with Crippen LogP contribution >= 0.6 is 0 Å². The highest BCUT2D eigenvalue weighted by Crippen LogP contribution is 2.32. The lowest BCUT2D eigenvalue weighted by Crippen LogP contribution is -2.41. The first-order valence-corrected chi connectivity index (χ1v) is 11.2. The summed E-state index contributed by atoms with van der Waals surface area (Å²) in [6.07, 6.45) is 2.19. The van der Waals surface area contributed by atoms with E-state index in [0.29, 0.717) is 6.04 Å². The van der Waals surface area contributed by atoms with E-state index in [1.807, 2.05) is 0 Å².